The standard InChI is InChI=1S/C22H29BrF3NO2Si/c1-21(2,3)30(4,5)29-18(10-8-16-7-6-12-27-14-16)15-28-20-11-9-17(23)13-19(20)22(24,25)26/h6-7,9,11-14,18H,8,10,15H2,1-5H3. The molecule has 0 aliphatic heterocycles. The van der Waals surface area contributed by atoms with Crippen LogP contribution >= 0.6 is 15.9 Å². The van der Waals surface area contributed by atoms with Crippen LogP contribution in [0.3, 0.4) is 0 Å². The summed E-state index contributed by atoms with van der Waals surface area (Å²) in [7, 11) is -2.13. The van der Waals surface area contributed by atoms with Crippen LogP contribution in [-0.4, -0.2) is 26.0 Å². The summed E-state index contributed by atoms with van der Waals surface area (Å²) in [4.78, 5) is 4.12. The molecule has 1 heterocycles. The zero-order valence-electron chi connectivity index (χ0n) is 18.0. The van der Waals surface area contributed by atoms with Crippen molar-refractivity contribution in [2.24, 2.45) is 0 Å². The van der Waals surface area contributed by atoms with Crippen molar-refractivity contribution in [2.45, 2.75) is 64.0 Å². The van der Waals surface area contributed by atoms with Gasteiger partial charge in [-0.15, -0.1) is 0 Å². The van der Waals surface area contributed by atoms with Gasteiger partial charge in [-0.25, -0.2) is 0 Å². The molecule has 1 aromatic carbocycles. The minimum Gasteiger partial charge on any atom is -0.490 e. The Hall–Kier alpha value is -1.38. The molecule has 0 amide bonds. The molecule has 0 saturated heterocycles. The molecule has 0 bridgehead atoms. The lowest BCUT2D eigenvalue weighted by Gasteiger charge is -2.39. The van der Waals surface area contributed by atoms with E-state index in [0.717, 1.165) is 11.6 Å². The minimum absolute atomic E-state index is 0.0196. The van der Waals surface area contributed by atoms with E-state index in [4.69, 9.17) is 9.16 Å². The van der Waals surface area contributed by atoms with Gasteiger partial charge in [0.25, 0.3) is 0 Å². The summed E-state index contributed by atoms with van der Waals surface area (Å²) in [5.74, 6) is -0.184. The first kappa shape index (κ1) is 24.9. The maximum Gasteiger partial charge on any atom is 0.420 e. The molecule has 0 saturated carbocycles. The monoisotopic (exact) mass is 503 g/mol. The number of ether oxygens (including phenoxy) is 1. The third-order valence-corrected chi connectivity index (χ3v) is 10.4. The van der Waals surface area contributed by atoms with Crippen LogP contribution < -0.4 is 4.74 Å². The highest BCUT2D eigenvalue weighted by molar-refractivity contribution is 9.10. The zero-order valence-corrected chi connectivity index (χ0v) is 20.6. The average Bonchev–Trinajstić information content (AvgIpc) is 2.63. The van der Waals surface area contributed by atoms with E-state index in [1.54, 1.807) is 18.5 Å². The van der Waals surface area contributed by atoms with Crippen molar-refractivity contribution in [3.8, 4) is 5.75 Å². The normalized spacial score (nSPS) is 13.9. The molecular weight excluding hydrogens is 475 g/mol. The van der Waals surface area contributed by atoms with E-state index in [0.29, 0.717) is 17.3 Å². The van der Waals surface area contributed by atoms with Crippen molar-refractivity contribution in [2.75, 3.05) is 6.61 Å². The molecule has 0 N–H and O–H groups in total. The number of aryl methyl sites for hydroxylation is 1. The fourth-order valence-corrected chi connectivity index (χ4v) is 4.41. The number of benzene rings is 1. The Morgan fingerprint density at radius 2 is 1.83 bits per heavy atom. The number of alkyl halides is 3. The van der Waals surface area contributed by atoms with Gasteiger partial charge in [0.2, 0.25) is 0 Å². The first-order valence-corrected chi connectivity index (χ1v) is 13.6. The van der Waals surface area contributed by atoms with Crippen molar-refractivity contribution >= 4 is 24.2 Å². The topological polar surface area (TPSA) is 31.4 Å². The molecule has 0 aliphatic carbocycles. The van der Waals surface area contributed by atoms with Crippen LogP contribution in [0, 0.1) is 0 Å². The van der Waals surface area contributed by atoms with E-state index in [9.17, 15) is 13.2 Å². The SMILES string of the molecule is CC(C)(C)[Si](C)(C)OC(CCc1cccnc1)COc1ccc(Br)cc1C(F)(F)F. The number of aromatic nitrogens is 1. The second-order valence-electron chi connectivity index (χ2n) is 8.85. The van der Waals surface area contributed by atoms with Crippen LogP contribution in [0.15, 0.2) is 47.2 Å². The fraction of sp³-hybridized carbons (Fsp3) is 0.500. The first-order chi connectivity index (χ1) is 13.8. The molecule has 3 nitrogen and oxygen atoms in total. The summed E-state index contributed by atoms with van der Waals surface area (Å²) in [6, 6.07) is 7.77. The quantitative estimate of drug-likeness (QED) is 0.355. The summed E-state index contributed by atoms with van der Waals surface area (Å²) < 4.78 is 52.8. The van der Waals surface area contributed by atoms with Gasteiger partial charge in [-0.1, -0.05) is 42.8 Å². The van der Waals surface area contributed by atoms with Crippen molar-refractivity contribution in [1.29, 1.82) is 0 Å². The van der Waals surface area contributed by atoms with Gasteiger partial charge in [0, 0.05) is 16.9 Å². The Labute approximate surface area is 186 Å². The van der Waals surface area contributed by atoms with Crippen molar-refractivity contribution in [3.05, 3.63) is 58.3 Å². The second-order valence-corrected chi connectivity index (χ2v) is 14.5. The second kappa shape index (κ2) is 9.83. The van der Waals surface area contributed by atoms with Gasteiger partial charge in [0.05, 0.1) is 11.7 Å². The van der Waals surface area contributed by atoms with Gasteiger partial charge < -0.3 is 9.16 Å². The Morgan fingerprint density at radius 3 is 2.40 bits per heavy atom. The molecular formula is C22H29BrF3NO2Si. The number of hydrogen-bond acceptors (Lipinski definition) is 3. The van der Waals surface area contributed by atoms with Crippen molar-refractivity contribution in [3.63, 3.8) is 0 Å². The summed E-state index contributed by atoms with van der Waals surface area (Å²) in [5, 5.41) is -0.0196. The molecule has 166 valence electrons. The number of nitrogens with zero attached hydrogens (tertiary/aromatic N) is 1. The zero-order chi connectivity index (χ0) is 22.6. The van der Waals surface area contributed by atoms with Crippen molar-refractivity contribution in [1.82, 2.24) is 4.98 Å². The molecule has 2 aromatic rings. The minimum atomic E-state index is -4.50. The third-order valence-electron chi connectivity index (χ3n) is 5.42. The molecule has 2 rings (SSSR count). The molecule has 30 heavy (non-hydrogen) atoms. The van der Waals surface area contributed by atoms with E-state index >= 15 is 0 Å². The van der Waals surface area contributed by atoms with Crippen LogP contribution in [0.1, 0.15) is 38.3 Å². The predicted octanol–water partition coefficient (Wildman–Crippen LogP) is 7.26. The Kier molecular flexibility index (Phi) is 8.15. The number of hydrogen-bond donors (Lipinski definition) is 0. The molecule has 0 fully saturated rings. The van der Waals surface area contributed by atoms with Crippen LogP contribution in [0.4, 0.5) is 13.2 Å². The van der Waals surface area contributed by atoms with Gasteiger partial charge in [-0.3, -0.25) is 4.98 Å². The molecule has 0 spiro atoms. The molecule has 0 aliphatic rings. The third kappa shape index (κ3) is 7.09. The van der Waals surface area contributed by atoms with Crippen LogP contribution in [0.5, 0.6) is 5.75 Å². The smallest absolute Gasteiger partial charge is 0.420 e. The lowest BCUT2D eigenvalue weighted by atomic mass is 10.1. The van der Waals surface area contributed by atoms with Gasteiger partial charge >= 0.3 is 6.18 Å². The van der Waals surface area contributed by atoms with Gasteiger partial charge in [0.1, 0.15) is 12.4 Å². The molecule has 1 unspecified atom stereocenters. The maximum atomic E-state index is 13.4. The molecule has 1 aromatic heterocycles. The Morgan fingerprint density at radius 1 is 1.13 bits per heavy atom. The van der Waals surface area contributed by atoms with Gasteiger partial charge in [-0.05, 0) is 60.8 Å². The highest BCUT2D eigenvalue weighted by atomic mass is 79.9. The maximum absolute atomic E-state index is 13.4. The molecule has 0 radical (unpaired) electrons. The van der Waals surface area contributed by atoms with Gasteiger partial charge in [-0.2, -0.15) is 13.2 Å². The molecule has 8 heteroatoms. The van der Waals surface area contributed by atoms with E-state index in [1.165, 1.54) is 6.07 Å². The largest absolute Gasteiger partial charge is 0.490 e. The average molecular weight is 504 g/mol. The first-order valence-electron chi connectivity index (χ1n) is 9.86. The van der Waals surface area contributed by atoms with E-state index in [1.807, 2.05) is 12.1 Å². The fourth-order valence-electron chi connectivity index (χ4n) is 2.68. The van der Waals surface area contributed by atoms with Crippen LogP contribution in [-0.2, 0) is 17.0 Å². The summed E-state index contributed by atoms with van der Waals surface area (Å²) in [6.45, 7) is 10.7. The number of halogens is 4. The summed E-state index contributed by atoms with van der Waals surface area (Å²) >= 11 is 3.10. The van der Waals surface area contributed by atoms with Crippen LogP contribution in [0.25, 0.3) is 0 Å². The number of pyridine rings is 1. The summed E-state index contributed by atoms with van der Waals surface area (Å²) in [5.41, 5.74) is 0.260. The van der Waals surface area contributed by atoms with Gasteiger partial charge in [0.15, 0.2) is 8.32 Å². The summed E-state index contributed by atoms with van der Waals surface area (Å²) in [6.07, 6.45) is 0.0307. The van der Waals surface area contributed by atoms with E-state index in [-0.39, 0.29) is 23.5 Å². The molecule has 1 atom stereocenters. The highest BCUT2D eigenvalue weighted by Gasteiger charge is 2.39. The Bertz CT molecular complexity index is 823. The lowest BCUT2D eigenvalue weighted by molar-refractivity contribution is -0.139. The lowest BCUT2D eigenvalue weighted by Crippen LogP contribution is -2.45. The predicted molar refractivity (Wildman–Crippen MR) is 119 cm³/mol. The Balaban J connectivity index is 2.18. The van der Waals surface area contributed by atoms with E-state index in [2.05, 4.69) is 54.8 Å². The van der Waals surface area contributed by atoms with E-state index < -0.39 is 20.1 Å². The highest BCUT2D eigenvalue weighted by Crippen LogP contribution is 2.39. The number of rotatable bonds is 8. The van der Waals surface area contributed by atoms with Crippen LogP contribution in [0.2, 0.25) is 18.1 Å². The van der Waals surface area contributed by atoms with Crippen molar-refractivity contribution < 1.29 is 22.3 Å².